The summed E-state index contributed by atoms with van der Waals surface area (Å²) in [5.74, 6) is -2.25. The minimum Gasteiger partial charge on any atom is -0.481 e. The second-order valence-corrected chi connectivity index (χ2v) is 7.76. The van der Waals surface area contributed by atoms with Crippen molar-refractivity contribution in [2.45, 2.75) is 58.4 Å². The summed E-state index contributed by atoms with van der Waals surface area (Å²) in [6.45, 7) is 3.55. The van der Waals surface area contributed by atoms with Crippen LogP contribution >= 0.6 is 11.6 Å². The summed E-state index contributed by atoms with van der Waals surface area (Å²) < 4.78 is 0. The SMILES string of the molecule is CC(C)C(=O)Nc1ccc(Cl)c(C(=O)NC2CCCCCCC2C(=O)O)c1. The van der Waals surface area contributed by atoms with Crippen LogP contribution in [0.3, 0.4) is 0 Å². The van der Waals surface area contributed by atoms with Crippen molar-refractivity contribution >= 4 is 35.1 Å². The quantitative estimate of drug-likeness (QED) is 0.700. The van der Waals surface area contributed by atoms with Crippen LogP contribution in [0.15, 0.2) is 18.2 Å². The number of amides is 2. The number of rotatable bonds is 5. The molecule has 2 rings (SSSR count). The molecule has 148 valence electrons. The highest BCUT2D eigenvalue weighted by Gasteiger charge is 2.30. The molecule has 6 nitrogen and oxygen atoms in total. The third kappa shape index (κ3) is 5.96. The number of hydrogen-bond donors (Lipinski definition) is 3. The van der Waals surface area contributed by atoms with E-state index in [1.165, 1.54) is 6.07 Å². The Kier molecular flexibility index (Phi) is 7.66. The molecule has 0 spiro atoms. The zero-order chi connectivity index (χ0) is 20.0. The monoisotopic (exact) mass is 394 g/mol. The lowest BCUT2D eigenvalue weighted by atomic mass is 9.86. The number of hydrogen-bond acceptors (Lipinski definition) is 3. The molecular weight excluding hydrogens is 368 g/mol. The minimum atomic E-state index is -0.883. The molecule has 1 saturated carbocycles. The summed E-state index contributed by atoms with van der Waals surface area (Å²) in [7, 11) is 0. The van der Waals surface area contributed by atoms with Crippen LogP contribution in [-0.4, -0.2) is 28.9 Å². The smallest absolute Gasteiger partial charge is 0.308 e. The van der Waals surface area contributed by atoms with Gasteiger partial charge >= 0.3 is 5.97 Å². The van der Waals surface area contributed by atoms with Crippen molar-refractivity contribution in [3.05, 3.63) is 28.8 Å². The third-order valence-corrected chi connectivity index (χ3v) is 5.23. The van der Waals surface area contributed by atoms with Crippen molar-refractivity contribution in [2.24, 2.45) is 11.8 Å². The lowest BCUT2D eigenvalue weighted by Crippen LogP contribution is -2.44. The number of aliphatic carboxylic acids is 1. The van der Waals surface area contributed by atoms with E-state index < -0.39 is 23.8 Å². The number of carbonyl (C=O) groups excluding carboxylic acids is 2. The molecule has 1 aliphatic rings. The van der Waals surface area contributed by atoms with Crippen molar-refractivity contribution in [3.8, 4) is 0 Å². The zero-order valence-electron chi connectivity index (χ0n) is 15.8. The highest BCUT2D eigenvalue weighted by Crippen LogP contribution is 2.25. The van der Waals surface area contributed by atoms with Gasteiger partial charge < -0.3 is 15.7 Å². The van der Waals surface area contributed by atoms with Gasteiger partial charge in [0.05, 0.1) is 16.5 Å². The Bertz CT molecular complexity index is 705. The largest absolute Gasteiger partial charge is 0.481 e. The topological polar surface area (TPSA) is 95.5 Å². The molecule has 7 heteroatoms. The Hall–Kier alpha value is -2.08. The Labute approximate surface area is 164 Å². The van der Waals surface area contributed by atoms with E-state index in [2.05, 4.69) is 10.6 Å². The molecule has 1 fully saturated rings. The standard InChI is InChI=1S/C20H27ClN2O4/c1-12(2)18(24)22-13-9-10-16(21)15(11-13)19(25)23-17-8-6-4-3-5-7-14(17)20(26)27/h9-12,14,17H,3-8H2,1-2H3,(H,22,24)(H,23,25)(H,26,27). The summed E-state index contributed by atoms with van der Waals surface area (Å²) in [5.41, 5.74) is 0.708. The number of carboxylic acid groups (broad SMARTS) is 1. The average Bonchev–Trinajstić information content (AvgIpc) is 2.58. The van der Waals surface area contributed by atoms with Gasteiger partial charge in [-0.2, -0.15) is 0 Å². The van der Waals surface area contributed by atoms with Gasteiger partial charge in [-0.15, -0.1) is 0 Å². The van der Waals surface area contributed by atoms with Gasteiger partial charge in [0.1, 0.15) is 0 Å². The lowest BCUT2D eigenvalue weighted by molar-refractivity contribution is -0.143. The molecule has 1 aromatic rings. The Balaban J connectivity index is 2.17. The van der Waals surface area contributed by atoms with Crippen LogP contribution in [0.2, 0.25) is 5.02 Å². The molecule has 2 unspecified atom stereocenters. The van der Waals surface area contributed by atoms with Crippen molar-refractivity contribution < 1.29 is 19.5 Å². The molecule has 0 radical (unpaired) electrons. The summed E-state index contributed by atoms with van der Waals surface area (Å²) in [4.78, 5) is 36.3. The average molecular weight is 395 g/mol. The van der Waals surface area contributed by atoms with Gasteiger partial charge in [-0.1, -0.05) is 51.1 Å². The summed E-state index contributed by atoms with van der Waals surface area (Å²) >= 11 is 6.18. The molecule has 0 bridgehead atoms. The number of nitrogens with one attached hydrogen (secondary N) is 2. The third-order valence-electron chi connectivity index (χ3n) is 4.90. The predicted octanol–water partition coefficient (Wildman–Crippen LogP) is 4.09. The molecule has 0 heterocycles. The Morgan fingerprint density at radius 3 is 2.41 bits per heavy atom. The summed E-state index contributed by atoms with van der Waals surface area (Å²) in [5, 5.41) is 15.4. The zero-order valence-corrected chi connectivity index (χ0v) is 16.5. The van der Waals surface area contributed by atoms with Crippen LogP contribution in [0.1, 0.15) is 62.7 Å². The molecule has 2 amide bonds. The molecule has 1 aliphatic carbocycles. The highest BCUT2D eigenvalue weighted by atomic mass is 35.5. The number of halogens is 1. The van der Waals surface area contributed by atoms with E-state index in [1.807, 2.05) is 0 Å². The van der Waals surface area contributed by atoms with Gasteiger partial charge in [0, 0.05) is 17.6 Å². The van der Waals surface area contributed by atoms with Gasteiger partial charge in [0.15, 0.2) is 0 Å². The second kappa shape index (κ2) is 9.74. The van der Waals surface area contributed by atoms with Crippen LogP contribution < -0.4 is 10.6 Å². The van der Waals surface area contributed by atoms with Crippen molar-refractivity contribution in [1.29, 1.82) is 0 Å². The maximum Gasteiger partial charge on any atom is 0.308 e. The van der Waals surface area contributed by atoms with E-state index in [0.29, 0.717) is 18.5 Å². The molecular formula is C20H27ClN2O4. The van der Waals surface area contributed by atoms with Gasteiger partial charge in [-0.05, 0) is 31.0 Å². The normalized spacial score (nSPS) is 20.4. The van der Waals surface area contributed by atoms with E-state index in [1.54, 1.807) is 26.0 Å². The van der Waals surface area contributed by atoms with E-state index in [4.69, 9.17) is 11.6 Å². The van der Waals surface area contributed by atoms with Crippen LogP contribution in [0.4, 0.5) is 5.69 Å². The Morgan fingerprint density at radius 2 is 1.78 bits per heavy atom. The first kappa shape index (κ1) is 21.2. The number of benzene rings is 1. The van der Waals surface area contributed by atoms with E-state index >= 15 is 0 Å². The van der Waals surface area contributed by atoms with Crippen LogP contribution in [0, 0.1) is 11.8 Å². The first-order chi connectivity index (χ1) is 12.8. The van der Waals surface area contributed by atoms with Gasteiger partial charge in [0.2, 0.25) is 5.91 Å². The molecule has 27 heavy (non-hydrogen) atoms. The summed E-state index contributed by atoms with van der Waals surface area (Å²) in [6.07, 6.45) is 4.97. The first-order valence-corrected chi connectivity index (χ1v) is 9.81. The number of anilines is 1. The predicted molar refractivity (Wildman–Crippen MR) is 105 cm³/mol. The molecule has 0 aromatic heterocycles. The van der Waals surface area contributed by atoms with Crippen LogP contribution in [-0.2, 0) is 9.59 Å². The van der Waals surface area contributed by atoms with Gasteiger partial charge in [0.25, 0.3) is 5.91 Å². The number of carbonyl (C=O) groups is 3. The summed E-state index contributed by atoms with van der Waals surface area (Å²) in [6, 6.07) is 4.28. The molecule has 2 atom stereocenters. The molecule has 3 N–H and O–H groups in total. The van der Waals surface area contributed by atoms with Crippen molar-refractivity contribution in [3.63, 3.8) is 0 Å². The fourth-order valence-corrected chi connectivity index (χ4v) is 3.47. The van der Waals surface area contributed by atoms with Gasteiger partial charge in [-0.3, -0.25) is 14.4 Å². The Morgan fingerprint density at radius 1 is 1.11 bits per heavy atom. The maximum absolute atomic E-state index is 12.8. The lowest BCUT2D eigenvalue weighted by Gasteiger charge is -2.27. The molecule has 0 saturated heterocycles. The van der Waals surface area contributed by atoms with Crippen molar-refractivity contribution in [2.75, 3.05) is 5.32 Å². The van der Waals surface area contributed by atoms with Crippen LogP contribution in [0.25, 0.3) is 0 Å². The highest BCUT2D eigenvalue weighted by molar-refractivity contribution is 6.34. The van der Waals surface area contributed by atoms with Gasteiger partial charge in [-0.25, -0.2) is 0 Å². The van der Waals surface area contributed by atoms with Crippen molar-refractivity contribution in [1.82, 2.24) is 5.32 Å². The second-order valence-electron chi connectivity index (χ2n) is 7.35. The maximum atomic E-state index is 12.8. The van der Waals surface area contributed by atoms with E-state index in [9.17, 15) is 19.5 Å². The minimum absolute atomic E-state index is 0.158. The first-order valence-electron chi connectivity index (χ1n) is 9.43. The number of carboxylic acids is 1. The van der Waals surface area contributed by atoms with E-state index in [-0.39, 0.29) is 22.4 Å². The molecule has 1 aromatic carbocycles. The van der Waals surface area contributed by atoms with E-state index in [0.717, 1.165) is 25.7 Å². The van der Waals surface area contributed by atoms with Crippen LogP contribution in [0.5, 0.6) is 0 Å². The fourth-order valence-electron chi connectivity index (χ4n) is 3.26. The molecule has 0 aliphatic heterocycles. The fraction of sp³-hybridized carbons (Fsp3) is 0.550.